The second-order valence-corrected chi connectivity index (χ2v) is 11.0. The van der Waals surface area contributed by atoms with E-state index in [1.807, 2.05) is 0 Å². The summed E-state index contributed by atoms with van der Waals surface area (Å²) in [5.41, 5.74) is 0. The summed E-state index contributed by atoms with van der Waals surface area (Å²) in [6.07, 6.45) is 10.6. The topological polar surface area (TPSA) is 124 Å². The first-order valence-electron chi connectivity index (χ1n) is 11.4. The Morgan fingerprint density at radius 3 is 1.71 bits per heavy atom. The third-order valence-corrected chi connectivity index (χ3v) is 7.29. The van der Waals surface area contributed by atoms with Crippen LogP contribution < -0.4 is 8.92 Å². The van der Waals surface area contributed by atoms with Crippen LogP contribution in [0.15, 0.2) is 58.3 Å². The molecule has 0 heterocycles. The highest BCUT2D eigenvalue weighted by Crippen LogP contribution is 2.23. The van der Waals surface area contributed by atoms with Gasteiger partial charge in [-0.05, 0) is 55.0 Å². The molecule has 2 aromatic carbocycles. The molecule has 10 heteroatoms. The van der Waals surface area contributed by atoms with Gasteiger partial charge in [0.05, 0.1) is 4.90 Å². The quantitative estimate of drug-likeness (QED) is 0.109. The molecule has 8 nitrogen and oxygen atoms in total. The van der Waals surface area contributed by atoms with E-state index in [1.165, 1.54) is 62.8 Å². The van der Waals surface area contributed by atoms with Crippen molar-refractivity contribution >= 4 is 26.2 Å². The van der Waals surface area contributed by atoms with Crippen LogP contribution in [0, 0.1) is 0 Å². The molecule has 2 aromatic rings. The van der Waals surface area contributed by atoms with Crippen molar-refractivity contribution in [2.75, 3.05) is 0 Å². The molecule has 0 aliphatic carbocycles. The molecule has 2 rings (SSSR count). The number of hydrogen-bond acceptors (Lipinski definition) is 7. The minimum Gasteiger partial charge on any atom is -0.427 e. The van der Waals surface area contributed by atoms with Crippen LogP contribution in [-0.4, -0.2) is 27.4 Å². The van der Waals surface area contributed by atoms with Gasteiger partial charge in [0, 0.05) is 6.42 Å². The van der Waals surface area contributed by atoms with Crippen molar-refractivity contribution < 1.29 is 35.1 Å². The van der Waals surface area contributed by atoms with Gasteiger partial charge in [-0.3, -0.25) is 9.35 Å². The first-order chi connectivity index (χ1) is 16.1. The van der Waals surface area contributed by atoms with E-state index in [0.29, 0.717) is 6.42 Å². The molecule has 0 radical (unpaired) electrons. The van der Waals surface area contributed by atoms with Crippen molar-refractivity contribution in [3.8, 4) is 11.5 Å². The van der Waals surface area contributed by atoms with Crippen molar-refractivity contribution in [1.82, 2.24) is 0 Å². The zero-order chi connectivity index (χ0) is 25.0. The molecule has 0 aromatic heterocycles. The molecule has 0 fully saturated rings. The van der Waals surface area contributed by atoms with Crippen molar-refractivity contribution in [2.24, 2.45) is 0 Å². The molecule has 0 amide bonds. The van der Waals surface area contributed by atoms with Crippen molar-refractivity contribution in [3.63, 3.8) is 0 Å². The number of carbonyl (C=O) groups is 1. The molecule has 188 valence electrons. The summed E-state index contributed by atoms with van der Waals surface area (Å²) in [4.78, 5) is 11.5. The Morgan fingerprint density at radius 1 is 0.706 bits per heavy atom. The van der Waals surface area contributed by atoms with Crippen LogP contribution in [0.1, 0.15) is 71.1 Å². The summed E-state index contributed by atoms with van der Waals surface area (Å²) in [5, 5.41) is 0. The fourth-order valence-corrected chi connectivity index (χ4v) is 4.69. The Kier molecular flexibility index (Phi) is 11.0. The second-order valence-electron chi connectivity index (χ2n) is 8.01. The van der Waals surface area contributed by atoms with Gasteiger partial charge in [0.2, 0.25) is 0 Å². The van der Waals surface area contributed by atoms with Crippen LogP contribution in [0.2, 0.25) is 0 Å². The van der Waals surface area contributed by atoms with E-state index in [4.69, 9.17) is 13.5 Å². The molecular formula is C24H32O8S2. The number of rotatable bonds is 15. The molecule has 0 saturated carbocycles. The predicted molar refractivity (Wildman–Crippen MR) is 128 cm³/mol. The Bertz CT molecular complexity index is 1110. The number of esters is 1. The maximum Gasteiger partial charge on any atom is 0.339 e. The van der Waals surface area contributed by atoms with Crippen LogP contribution in [0.25, 0.3) is 0 Å². The van der Waals surface area contributed by atoms with Crippen LogP contribution in [-0.2, 0) is 25.0 Å². The lowest BCUT2D eigenvalue weighted by molar-refractivity contribution is -0.134. The minimum atomic E-state index is -4.39. The molecule has 34 heavy (non-hydrogen) atoms. The highest BCUT2D eigenvalue weighted by molar-refractivity contribution is 7.87. The van der Waals surface area contributed by atoms with E-state index < -0.39 is 20.2 Å². The maximum absolute atomic E-state index is 12.4. The number of ether oxygens (including phenoxy) is 1. The van der Waals surface area contributed by atoms with E-state index >= 15 is 0 Å². The minimum absolute atomic E-state index is 0.121. The summed E-state index contributed by atoms with van der Waals surface area (Å²) in [5.74, 6) is -0.255. The summed E-state index contributed by atoms with van der Waals surface area (Å²) < 4.78 is 66.2. The van der Waals surface area contributed by atoms with Crippen LogP contribution in [0.3, 0.4) is 0 Å². The zero-order valence-electron chi connectivity index (χ0n) is 19.3. The molecule has 1 N–H and O–H groups in total. The van der Waals surface area contributed by atoms with Gasteiger partial charge in [0.1, 0.15) is 16.4 Å². The summed E-state index contributed by atoms with van der Waals surface area (Å²) in [7, 11) is -8.58. The molecule has 0 spiro atoms. The van der Waals surface area contributed by atoms with Gasteiger partial charge >= 0.3 is 16.1 Å². The Morgan fingerprint density at radius 2 is 1.18 bits per heavy atom. The lowest BCUT2D eigenvalue weighted by Crippen LogP contribution is -2.11. The van der Waals surface area contributed by atoms with E-state index in [9.17, 15) is 21.6 Å². The number of benzene rings is 2. The Hall–Kier alpha value is -2.43. The predicted octanol–water partition coefficient (Wildman–Crippen LogP) is 5.53. The summed E-state index contributed by atoms with van der Waals surface area (Å²) in [6, 6.07) is 9.52. The van der Waals surface area contributed by atoms with Crippen LogP contribution >= 0.6 is 0 Å². The summed E-state index contributed by atoms with van der Waals surface area (Å²) >= 11 is 0. The van der Waals surface area contributed by atoms with Crippen molar-refractivity contribution in [1.29, 1.82) is 0 Å². The fraction of sp³-hybridized carbons (Fsp3) is 0.458. The average Bonchev–Trinajstić information content (AvgIpc) is 2.78. The highest BCUT2D eigenvalue weighted by atomic mass is 32.2. The first kappa shape index (κ1) is 27.8. The lowest BCUT2D eigenvalue weighted by atomic mass is 10.1. The molecule has 0 saturated heterocycles. The largest absolute Gasteiger partial charge is 0.427 e. The molecule has 0 aliphatic heterocycles. The van der Waals surface area contributed by atoms with Crippen LogP contribution in [0.4, 0.5) is 0 Å². The summed E-state index contributed by atoms with van der Waals surface area (Å²) in [6.45, 7) is 2.20. The second kappa shape index (κ2) is 13.5. The van der Waals surface area contributed by atoms with Gasteiger partial charge in [-0.2, -0.15) is 16.8 Å². The average molecular weight is 513 g/mol. The molecule has 0 unspecified atom stereocenters. The van der Waals surface area contributed by atoms with E-state index in [1.54, 1.807) is 0 Å². The normalized spacial score (nSPS) is 11.8. The molecule has 0 atom stereocenters. The van der Waals surface area contributed by atoms with Gasteiger partial charge in [-0.15, -0.1) is 0 Å². The van der Waals surface area contributed by atoms with E-state index in [0.717, 1.165) is 43.5 Å². The monoisotopic (exact) mass is 512 g/mol. The Balaban J connectivity index is 1.77. The molecular weight excluding hydrogens is 480 g/mol. The SMILES string of the molecule is CCCCCCCCCCCC(=O)Oc1ccc(S(=O)(=O)Oc2ccc(S(=O)(=O)O)cc2)cc1. The maximum atomic E-state index is 12.4. The smallest absolute Gasteiger partial charge is 0.339 e. The lowest BCUT2D eigenvalue weighted by Gasteiger charge is -2.09. The zero-order valence-corrected chi connectivity index (χ0v) is 20.9. The number of carbonyl (C=O) groups excluding carboxylic acids is 1. The van der Waals surface area contributed by atoms with Gasteiger partial charge < -0.3 is 8.92 Å². The van der Waals surface area contributed by atoms with Crippen LogP contribution in [0.5, 0.6) is 11.5 Å². The molecule has 0 aliphatic rings. The van der Waals surface area contributed by atoms with Crippen molar-refractivity contribution in [3.05, 3.63) is 48.5 Å². The third-order valence-electron chi connectivity index (χ3n) is 5.16. The van der Waals surface area contributed by atoms with Gasteiger partial charge in [-0.25, -0.2) is 0 Å². The molecule has 0 bridgehead atoms. The van der Waals surface area contributed by atoms with Gasteiger partial charge in [0.15, 0.2) is 0 Å². The van der Waals surface area contributed by atoms with E-state index in [2.05, 4.69) is 6.92 Å². The van der Waals surface area contributed by atoms with Gasteiger partial charge in [0.25, 0.3) is 10.1 Å². The first-order valence-corrected chi connectivity index (χ1v) is 14.3. The fourth-order valence-electron chi connectivity index (χ4n) is 3.28. The van der Waals surface area contributed by atoms with Gasteiger partial charge in [-0.1, -0.05) is 58.3 Å². The van der Waals surface area contributed by atoms with E-state index in [-0.39, 0.29) is 27.3 Å². The third kappa shape index (κ3) is 9.82. The number of hydrogen-bond donors (Lipinski definition) is 1. The van der Waals surface area contributed by atoms with Crippen molar-refractivity contribution in [2.45, 2.75) is 80.9 Å². The Labute approximate surface area is 202 Å². The number of unbranched alkanes of at least 4 members (excludes halogenated alkanes) is 8. The highest BCUT2D eigenvalue weighted by Gasteiger charge is 2.18. The standard InChI is InChI=1S/C24H32O8S2/c1-2-3-4-5-6-7-8-9-10-11-24(25)31-20-12-18-23(19-13-20)34(29,30)32-21-14-16-22(17-15-21)33(26,27)28/h12-19H,2-11H2,1H3,(H,26,27,28).